The van der Waals surface area contributed by atoms with Gasteiger partial charge in [0.25, 0.3) is 11.8 Å². The molecule has 0 aromatic heterocycles. The average molecular weight is 960 g/mol. The summed E-state index contributed by atoms with van der Waals surface area (Å²) < 4.78 is 56.9. The summed E-state index contributed by atoms with van der Waals surface area (Å²) in [7, 11) is 6.36. The van der Waals surface area contributed by atoms with E-state index in [0.29, 0.717) is 142 Å². The fourth-order valence-electron chi connectivity index (χ4n) is 8.50. The van der Waals surface area contributed by atoms with Gasteiger partial charge in [-0.2, -0.15) is 0 Å². The molecule has 0 unspecified atom stereocenters. The minimum Gasteiger partial charge on any atom is -0.496 e. The molecule has 0 spiro atoms. The summed E-state index contributed by atoms with van der Waals surface area (Å²) in [6.45, 7) is 4.66. The number of nitrogens with zero attached hydrogens (tertiary/aromatic N) is 4. The molecule has 0 bridgehead atoms. The highest BCUT2D eigenvalue weighted by atomic mass is 16.6. The Bertz CT molecular complexity index is 2600. The van der Waals surface area contributed by atoms with Crippen molar-refractivity contribution in [3.63, 3.8) is 0 Å². The van der Waals surface area contributed by atoms with E-state index in [0.717, 1.165) is 41.5 Å². The van der Waals surface area contributed by atoms with Crippen molar-refractivity contribution in [3.8, 4) is 34.5 Å². The largest absolute Gasteiger partial charge is 0.496 e. The monoisotopic (exact) mass is 959 g/mol. The lowest BCUT2D eigenvalue weighted by Crippen LogP contribution is -2.32. The molecule has 4 aromatic rings. The van der Waals surface area contributed by atoms with Crippen LogP contribution in [0.3, 0.4) is 0 Å². The summed E-state index contributed by atoms with van der Waals surface area (Å²) in [6, 6.07) is 19.8. The highest BCUT2D eigenvalue weighted by molar-refractivity contribution is 6.06. The average Bonchev–Trinajstić information content (AvgIpc) is 3.96. The molecule has 0 saturated carbocycles. The number of benzene rings is 4. The predicted octanol–water partition coefficient (Wildman–Crippen LogP) is 7.94. The van der Waals surface area contributed by atoms with Gasteiger partial charge in [-0.25, -0.2) is 0 Å². The first kappa shape index (κ1) is 49.5. The number of methoxy groups -OCH3 is 4. The van der Waals surface area contributed by atoms with Crippen molar-refractivity contribution in [1.82, 2.24) is 9.80 Å². The van der Waals surface area contributed by atoms with Crippen molar-refractivity contribution < 1.29 is 57.0 Å². The minimum atomic E-state index is -0.288. The van der Waals surface area contributed by atoms with Crippen LogP contribution < -0.4 is 34.2 Å². The van der Waals surface area contributed by atoms with Crippen LogP contribution in [0.5, 0.6) is 34.5 Å². The summed E-state index contributed by atoms with van der Waals surface area (Å²) in [5, 5.41) is 0. The fourth-order valence-corrected chi connectivity index (χ4v) is 8.50. The highest BCUT2D eigenvalue weighted by Crippen LogP contribution is 2.43. The Hall–Kier alpha value is -6.92. The fraction of sp³-hybridized carbons (Fsp3) is 0.396. The molecular weight excluding hydrogens is 899 g/mol. The van der Waals surface area contributed by atoms with Crippen LogP contribution in [-0.4, -0.2) is 141 Å². The quantitative estimate of drug-likeness (QED) is 0.0473. The van der Waals surface area contributed by atoms with Gasteiger partial charge in [0, 0.05) is 74.2 Å². The van der Waals surface area contributed by atoms with E-state index in [9.17, 15) is 9.59 Å². The van der Waals surface area contributed by atoms with Gasteiger partial charge in [-0.3, -0.25) is 19.6 Å². The molecule has 17 heteroatoms. The number of anilines is 1. The van der Waals surface area contributed by atoms with Gasteiger partial charge < -0.3 is 62.9 Å². The Balaban J connectivity index is 0.792. The number of carbonyl (C=O) groups excluding carboxylic acids is 2. The molecule has 0 saturated heterocycles. The molecule has 2 atom stereocenters. The van der Waals surface area contributed by atoms with Gasteiger partial charge in [0.15, 0.2) is 23.0 Å². The number of hydrogen-bond donors (Lipinski definition) is 1. The van der Waals surface area contributed by atoms with Crippen molar-refractivity contribution in [1.29, 1.82) is 0 Å². The Labute approximate surface area is 408 Å². The zero-order chi connectivity index (χ0) is 48.8. The molecule has 4 heterocycles. The second-order valence-electron chi connectivity index (χ2n) is 16.8. The number of carbonyl (C=O) groups is 2. The van der Waals surface area contributed by atoms with Crippen LogP contribution >= 0.6 is 0 Å². The number of unbranched alkanes of at least 4 members (excludes halogenated alkanes) is 2. The third kappa shape index (κ3) is 11.9. The van der Waals surface area contributed by atoms with Gasteiger partial charge in [0.05, 0.1) is 115 Å². The Morgan fingerprint density at radius 3 is 1.57 bits per heavy atom. The first-order chi connectivity index (χ1) is 34.3. The standard InChI is InChI=1S/C53H61N5O12/c1-61-16-17-65-18-19-66-20-21-67-22-23-68-41-12-13-42(47(26-41)62-2)37-25-40-32-56-46-30-51(49(64-4)28-44(46)53(60)58(40)34-37)70-15-7-5-6-14-69-50-29-45-43(27-48(50)63-3)52(59)57-33-36(24-39(57)31-55-45)35-8-10-38(54)11-9-35/h8-13,26-34,39-40H,5-7,14-25,54H2,1-4H3/t39-,40-/m1/s1. The van der Waals surface area contributed by atoms with E-state index in [1.807, 2.05) is 61.1 Å². The Kier molecular flexibility index (Phi) is 17.0. The first-order valence-electron chi connectivity index (χ1n) is 23.5. The van der Waals surface area contributed by atoms with E-state index in [1.54, 1.807) is 68.7 Å². The smallest absolute Gasteiger partial charge is 0.260 e. The summed E-state index contributed by atoms with van der Waals surface area (Å²) >= 11 is 0. The zero-order valence-corrected chi connectivity index (χ0v) is 40.2. The lowest BCUT2D eigenvalue weighted by atomic mass is 10.0. The molecule has 2 N–H and O–H groups in total. The minimum absolute atomic E-state index is 0.149. The number of nitrogen functional groups attached to an aromatic ring is 1. The maximum absolute atomic E-state index is 14.1. The van der Waals surface area contributed by atoms with Gasteiger partial charge in [0.2, 0.25) is 0 Å². The van der Waals surface area contributed by atoms with E-state index in [2.05, 4.69) is 0 Å². The van der Waals surface area contributed by atoms with Crippen LogP contribution in [0.2, 0.25) is 0 Å². The summed E-state index contributed by atoms with van der Waals surface area (Å²) in [6.07, 6.45) is 10.9. The lowest BCUT2D eigenvalue weighted by Gasteiger charge is -2.19. The topological polar surface area (TPSA) is 184 Å². The molecule has 4 aromatic carbocycles. The molecular formula is C53H61N5O12. The van der Waals surface area contributed by atoms with Crippen molar-refractivity contribution in [2.75, 3.05) is 100 Å². The van der Waals surface area contributed by atoms with Gasteiger partial charge in [-0.15, -0.1) is 0 Å². The number of aliphatic imine (C=N–C) groups is 2. The maximum Gasteiger partial charge on any atom is 0.260 e. The lowest BCUT2D eigenvalue weighted by molar-refractivity contribution is 0.000158. The molecule has 8 rings (SSSR count). The molecule has 17 nitrogen and oxygen atoms in total. The number of nitrogens with two attached hydrogens (primary N) is 1. The highest BCUT2D eigenvalue weighted by Gasteiger charge is 2.35. The first-order valence-corrected chi connectivity index (χ1v) is 23.5. The van der Waals surface area contributed by atoms with Gasteiger partial charge in [-0.1, -0.05) is 12.1 Å². The maximum atomic E-state index is 14.1. The van der Waals surface area contributed by atoms with Crippen molar-refractivity contribution >= 4 is 52.5 Å². The van der Waals surface area contributed by atoms with Gasteiger partial charge >= 0.3 is 0 Å². The third-order valence-corrected chi connectivity index (χ3v) is 12.2. The number of hydrogen-bond acceptors (Lipinski definition) is 15. The Morgan fingerprint density at radius 2 is 1.03 bits per heavy atom. The second-order valence-corrected chi connectivity index (χ2v) is 16.8. The molecule has 4 aliphatic heterocycles. The second kappa shape index (κ2) is 24.1. The van der Waals surface area contributed by atoms with Crippen LogP contribution in [0.15, 0.2) is 89.1 Å². The molecule has 2 amide bonds. The van der Waals surface area contributed by atoms with Crippen LogP contribution in [0.25, 0.3) is 11.1 Å². The number of rotatable bonds is 26. The molecule has 0 radical (unpaired) electrons. The van der Waals surface area contributed by atoms with Gasteiger partial charge in [0.1, 0.15) is 18.1 Å². The molecule has 4 aliphatic rings. The van der Waals surface area contributed by atoms with Gasteiger partial charge in [-0.05, 0) is 72.4 Å². The van der Waals surface area contributed by atoms with E-state index >= 15 is 0 Å². The van der Waals surface area contributed by atoms with Crippen LogP contribution in [0.4, 0.5) is 17.1 Å². The van der Waals surface area contributed by atoms with E-state index in [-0.39, 0.29) is 23.9 Å². The third-order valence-electron chi connectivity index (χ3n) is 12.2. The zero-order valence-electron chi connectivity index (χ0n) is 40.2. The Morgan fingerprint density at radius 1 is 0.514 bits per heavy atom. The van der Waals surface area contributed by atoms with Crippen LogP contribution in [-0.2, 0) is 18.9 Å². The van der Waals surface area contributed by atoms with Crippen molar-refractivity contribution in [2.24, 2.45) is 9.98 Å². The number of amides is 2. The SMILES string of the molecule is COCCOCCOCCOCCOc1ccc(C2=CN3C(=O)c4cc(OC)c(OCCCCCOc5cc6c(cc5OC)C(=O)N5C=C(c7ccc(N)cc7)C[C@@H]5C=N6)cc4N=C[C@H]3C2)c(OC)c1. The normalized spacial score (nSPS) is 16.7. The molecule has 70 heavy (non-hydrogen) atoms. The summed E-state index contributed by atoms with van der Waals surface area (Å²) in [4.78, 5) is 40.7. The molecule has 0 fully saturated rings. The van der Waals surface area contributed by atoms with Crippen LogP contribution in [0.1, 0.15) is 63.9 Å². The van der Waals surface area contributed by atoms with E-state index < -0.39 is 0 Å². The molecule has 370 valence electrons. The summed E-state index contributed by atoms with van der Waals surface area (Å²) in [5.74, 6) is 2.87. The van der Waals surface area contributed by atoms with Crippen LogP contribution in [0, 0.1) is 0 Å². The van der Waals surface area contributed by atoms with E-state index in [4.69, 9.17) is 63.1 Å². The van der Waals surface area contributed by atoms with Crippen molar-refractivity contribution in [2.45, 2.75) is 44.2 Å². The van der Waals surface area contributed by atoms with E-state index in [1.165, 1.54) is 0 Å². The van der Waals surface area contributed by atoms with Crippen molar-refractivity contribution in [3.05, 3.63) is 101 Å². The number of ether oxygens (including phenoxy) is 10. The molecule has 0 aliphatic carbocycles. The summed E-state index contributed by atoms with van der Waals surface area (Å²) in [5.41, 5.74) is 12.4. The predicted molar refractivity (Wildman–Crippen MR) is 266 cm³/mol. The number of fused-ring (bicyclic) bond motifs is 4.